The van der Waals surface area contributed by atoms with Crippen LogP contribution in [0.3, 0.4) is 0 Å². The minimum Gasteiger partial charge on any atom is -0.229 e. The highest BCUT2D eigenvalue weighted by Crippen LogP contribution is 2.16. The Balaban J connectivity index is 3.77. The third kappa shape index (κ3) is 9.06. The van der Waals surface area contributed by atoms with Crippen LogP contribution >= 0.6 is 22.7 Å². The number of sulfone groups is 1. The lowest BCUT2D eigenvalue weighted by Crippen LogP contribution is -2.19. The Morgan fingerprint density at radius 1 is 1.23 bits per heavy atom. The van der Waals surface area contributed by atoms with E-state index in [2.05, 4.69) is 0 Å². The molecule has 0 saturated carbocycles. The molecule has 0 aromatic rings. The van der Waals surface area contributed by atoms with E-state index in [0.29, 0.717) is 6.42 Å². The first-order chi connectivity index (χ1) is 5.77. The van der Waals surface area contributed by atoms with Gasteiger partial charge in [-0.2, -0.15) is 11.1 Å². The molecular weight excluding hydrogens is 247 g/mol. The largest absolute Gasteiger partial charge is 0.229 e. The normalized spacial score (nSPS) is 13.2. The van der Waals surface area contributed by atoms with Crippen molar-refractivity contribution in [2.24, 2.45) is 0 Å². The molecule has 80 valence electrons. The second-order valence-electron chi connectivity index (χ2n) is 3.66. The first-order valence-corrected chi connectivity index (χ1v) is 10.8. The third-order valence-corrected chi connectivity index (χ3v) is 5.87. The van der Waals surface area contributed by atoms with Crippen LogP contribution in [-0.2, 0) is 9.84 Å². The van der Waals surface area contributed by atoms with E-state index in [9.17, 15) is 8.42 Å². The zero-order valence-corrected chi connectivity index (χ0v) is 11.3. The van der Waals surface area contributed by atoms with Crippen molar-refractivity contribution < 1.29 is 8.42 Å². The molecule has 0 aromatic heterocycles. The van der Waals surface area contributed by atoms with Crippen molar-refractivity contribution in [3.05, 3.63) is 0 Å². The van der Waals surface area contributed by atoms with Gasteiger partial charge in [-0.25, -0.2) is 8.42 Å². The molecule has 0 unspecified atom stereocenters. The Labute approximate surface area is 91.2 Å². The van der Waals surface area contributed by atoms with Crippen LogP contribution < -0.4 is 0 Å². The first-order valence-electron chi connectivity index (χ1n) is 4.22. The SMILES string of the molecule is C[Si](C)(Cl)CCCS(=O)(=O)CCCl. The predicted molar refractivity (Wildman–Crippen MR) is 62.1 cm³/mol. The molecule has 0 amide bonds. The van der Waals surface area contributed by atoms with Gasteiger partial charge in [-0.3, -0.25) is 0 Å². The molecule has 0 atom stereocenters. The molecule has 6 heteroatoms. The third-order valence-electron chi connectivity index (χ3n) is 1.61. The van der Waals surface area contributed by atoms with E-state index in [1.165, 1.54) is 0 Å². The number of alkyl halides is 1. The minimum atomic E-state index is -2.92. The van der Waals surface area contributed by atoms with Gasteiger partial charge in [0.1, 0.15) is 0 Å². The smallest absolute Gasteiger partial charge is 0.151 e. The summed E-state index contributed by atoms with van der Waals surface area (Å²) in [6.07, 6.45) is 0.669. The molecule has 0 saturated heterocycles. The molecule has 0 fully saturated rings. The molecule has 2 nitrogen and oxygen atoms in total. The summed E-state index contributed by atoms with van der Waals surface area (Å²) in [7, 11) is -4.53. The van der Waals surface area contributed by atoms with Crippen molar-refractivity contribution in [2.75, 3.05) is 17.4 Å². The molecule has 0 N–H and O–H groups in total. The van der Waals surface area contributed by atoms with Gasteiger partial charge in [-0.1, -0.05) is 13.1 Å². The van der Waals surface area contributed by atoms with E-state index in [1.807, 2.05) is 13.1 Å². The quantitative estimate of drug-likeness (QED) is 0.419. The maximum Gasteiger partial charge on any atom is 0.151 e. The summed E-state index contributed by atoms with van der Waals surface area (Å²) in [5.74, 6) is 0.492. The lowest BCUT2D eigenvalue weighted by Gasteiger charge is -2.11. The molecule has 0 radical (unpaired) electrons. The summed E-state index contributed by atoms with van der Waals surface area (Å²) >= 11 is 11.4. The predicted octanol–water partition coefficient (Wildman–Crippen LogP) is 2.47. The van der Waals surface area contributed by atoms with E-state index in [0.717, 1.165) is 6.04 Å². The van der Waals surface area contributed by atoms with Crippen LogP contribution in [0.1, 0.15) is 6.42 Å². The molecule has 0 aliphatic rings. The molecule has 0 aliphatic heterocycles. The van der Waals surface area contributed by atoms with Crippen LogP contribution in [0.2, 0.25) is 19.1 Å². The Bertz CT molecular complexity index is 233. The molecule has 0 rings (SSSR count). The van der Waals surface area contributed by atoms with Gasteiger partial charge in [-0.15, -0.1) is 11.6 Å². The van der Waals surface area contributed by atoms with Gasteiger partial charge in [0.25, 0.3) is 0 Å². The molecule has 0 heterocycles. The maximum atomic E-state index is 11.2. The van der Waals surface area contributed by atoms with E-state index in [4.69, 9.17) is 22.7 Å². The van der Waals surface area contributed by atoms with E-state index in [1.54, 1.807) is 0 Å². The average Bonchev–Trinajstić information content (AvgIpc) is 1.82. The van der Waals surface area contributed by atoms with E-state index < -0.39 is 17.2 Å². The van der Waals surface area contributed by atoms with Crippen LogP contribution in [0.5, 0.6) is 0 Å². The van der Waals surface area contributed by atoms with Crippen molar-refractivity contribution >= 4 is 39.9 Å². The Kier molecular flexibility index (Phi) is 5.91. The Morgan fingerprint density at radius 3 is 2.15 bits per heavy atom. The molecule has 0 aromatic carbocycles. The molecule has 0 bridgehead atoms. The Hall–Kier alpha value is 0.747. The van der Waals surface area contributed by atoms with Gasteiger partial charge in [0.05, 0.1) is 5.75 Å². The van der Waals surface area contributed by atoms with Crippen molar-refractivity contribution in [3.8, 4) is 0 Å². The van der Waals surface area contributed by atoms with Gasteiger partial charge in [0.2, 0.25) is 0 Å². The standard InChI is InChI=1S/C7H16Cl2O2SSi/c1-13(2,9)7-3-5-12(10,11)6-4-8/h3-7H2,1-2H3. The molecular formula is C7H16Cl2O2SSi. The van der Waals surface area contributed by atoms with Gasteiger partial charge in [-0.05, 0) is 12.5 Å². The highest BCUT2D eigenvalue weighted by Gasteiger charge is 2.18. The summed E-state index contributed by atoms with van der Waals surface area (Å²) < 4.78 is 22.4. The van der Waals surface area contributed by atoms with E-state index >= 15 is 0 Å². The van der Waals surface area contributed by atoms with Gasteiger partial charge in [0.15, 0.2) is 17.2 Å². The fourth-order valence-corrected chi connectivity index (χ4v) is 4.34. The molecule has 13 heavy (non-hydrogen) atoms. The number of halogens is 2. The summed E-state index contributed by atoms with van der Waals surface area (Å²) in [5.41, 5.74) is 0. The van der Waals surface area contributed by atoms with Crippen molar-refractivity contribution in [3.63, 3.8) is 0 Å². The molecule has 0 aliphatic carbocycles. The minimum absolute atomic E-state index is 0.0822. The van der Waals surface area contributed by atoms with Crippen molar-refractivity contribution in [1.82, 2.24) is 0 Å². The zero-order valence-electron chi connectivity index (χ0n) is 8.02. The Morgan fingerprint density at radius 2 is 1.77 bits per heavy atom. The lowest BCUT2D eigenvalue weighted by atomic mass is 10.6. The van der Waals surface area contributed by atoms with Crippen LogP contribution in [0.15, 0.2) is 0 Å². The summed E-state index contributed by atoms with van der Waals surface area (Å²) in [4.78, 5) is 0. The van der Waals surface area contributed by atoms with Crippen LogP contribution in [0.25, 0.3) is 0 Å². The average molecular weight is 263 g/mol. The van der Waals surface area contributed by atoms with Crippen LogP contribution in [0, 0.1) is 0 Å². The second kappa shape index (κ2) is 5.58. The van der Waals surface area contributed by atoms with Crippen molar-refractivity contribution in [2.45, 2.75) is 25.6 Å². The lowest BCUT2D eigenvalue weighted by molar-refractivity contribution is 0.596. The second-order valence-corrected chi connectivity index (χ2v) is 13.4. The van der Waals surface area contributed by atoms with Gasteiger partial charge >= 0.3 is 0 Å². The van der Waals surface area contributed by atoms with Crippen LogP contribution in [-0.4, -0.2) is 33.2 Å². The summed E-state index contributed by atoms with van der Waals surface area (Å²) in [6, 6.07) is 0.843. The van der Waals surface area contributed by atoms with Crippen molar-refractivity contribution in [1.29, 1.82) is 0 Å². The zero-order chi connectivity index (χ0) is 10.5. The fourth-order valence-electron chi connectivity index (χ4n) is 0.932. The monoisotopic (exact) mass is 262 g/mol. The van der Waals surface area contributed by atoms with Crippen LogP contribution in [0.4, 0.5) is 0 Å². The fraction of sp³-hybridized carbons (Fsp3) is 1.00. The van der Waals surface area contributed by atoms with E-state index in [-0.39, 0.29) is 17.4 Å². The van der Waals surface area contributed by atoms with Gasteiger partial charge < -0.3 is 0 Å². The highest BCUT2D eigenvalue weighted by atomic mass is 35.6. The maximum absolute atomic E-state index is 11.2. The number of rotatable bonds is 6. The topological polar surface area (TPSA) is 34.1 Å². The highest BCUT2D eigenvalue weighted by molar-refractivity contribution is 7.91. The number of hydrogen-bond acceptors (Lipinski definition) is 2. The summed E-state index contributed by atoms with van der Waals surface area (Å²) in [6.45, 7) is 4.03. The molecule has 0 spiro atoms. The first kappa shape index (κ1) is 13.7. The summed E-state index contributed by atoms with van der Waals surface area (Å²) in [5, 5.41) is 0. The number of hydrogen-bond donors (Lipinski definition) is 0. The van der Waals surface area contributed by atoms with Gasteiger partial charge in [0, 0.05) is 11.6 Å².